The van der Waals surface area contributed by atoms with E-state index >= 15 is 0 Å². The SMILES string of the molecule is CCC(CC)n1ccc(COc2cccc(C(C)N)c2)n1. The van der Waals surface area contributed by atoms with Crippen molar-refractivity contribution in [3.63, 3.8) is 0 Å². The molecule has 1 unspecified atom stereocenters. The van der Waals surface area contributed by atoms with Gasteiger partial charge in [0.05, 0.1) is 11.7 Å². The molecule has 1 aromatic heterocycles. The van der Waals surface area contributed by atoms with Crippen molar-refractivity contribution in [1.29, 1.82) is 0 Å². The minimum atomic E-state index is 0.0163. The van der Waals surface area contributed by atoms with Crippen molar-refractivity contribution in [2.24, 2.45) is 5.73 Å². The molecule has 4 heteroatoms. The number of benzene rings is 1. The summed E-state index contributed by atoms with van der Waals surface area (Å²) < 4.78 is 7.85. The molecular weight excluding hydrogens is 262 g/mol. The maximum Gasteiger partial charge on any atom is 0.132 e. The summed E-state index contributed by atoms with van der Waals surface area (Å²) in [6.45, 7) is 6.82. The molecule has 1 heterocycles. The lowest BCUT2D eigenvalue weighted by atomic mass is 10.1. The third kappa shape index (κ3) is 4.08. The fraction of sp³-hybridized carbons (Fsp3) is 0.471. The van der Waals surface area contributed by atoms with Crippen LogP contribution >= 0.6 is 0 Å². The van der Waals surface area contributed by atoms with Gasteiger partial charge in [-0.15, -0.1) is 0 Å². The van der Waals surface area contributed by atoms with Crippen molar-refractivity contribution >= 4 is 0 Å². The Bertz CT molecular complexity index is 559. The van der Waals surface area contributed by atoms with Crippen LogP contribution in [0.25, 0.3) is 0 Å². The number of ether oxygens (including phenoxy) is 1. The molecule has 0 aliphatic rings. The summed E-state index contributed by atoms with van der Waals surface area (Å²) in [7, 11) is 0. The second kappa shape index (κ2) is 7.27. The standard InChI is InChI=1S/C17H25N3O/c1-4-16(5-2)20-10-9-15(19-20)12-21-17-8-6-7-14(11-17)13(3)18/h6-11,13,16H,4-5,12,18H2,1-3H3. The summed E-state index contributed by atoms with van der Waals surface area (Å²) in [4.78, 5) is 0. The zero-order valence-electron chi connectivity index (χ0n) is 13.1. The lowest BCUT2D eigenvalue weighted by Gasteiger charge is -2.12. The molecule has 0 saturated carbocycles. The molecule has 0 aliphatic heterocycles. The summed E-state index contributed by atoms with van der Waals surface area (Å²) in [5.74, 6) is 0.835. The second-order valence-electron chi connectivity index (χ2n) is 5.41. The van der Waals surface area contributed by atoms with E-state index in [0.717, 1.165) is 29.8 Å². The van der Waals surface area contributed by atoms with Crippen molar-refractivity contribution in [1.82, 2.24) is 9.78 Å². The van der Waals surface area contributed by atoms with Crippen molar-refractivity contribution < 1.29 is 4.74 Å². The van der Waals surface area contributed by atoms with Crippen LogP contribution in [0.15, 0.2) is 36.5 Å². The Labute approximate surface area is 126 Å². The second-order valence-corrected chi connectivity index (χ2v) is 5.41. The van der Waals surface area contributed by atoms with Crippen LogP contribution in [0, 0.1) is 0 Å². The molecule has 0 saturated heterocycles. The van der Waals surface area contributed by atoms with Gasteiger partial charge in [-0.1, -0.05) is 26.0 Å². The summed E-state index contributed by atoms with van der Waals surface area (Å²) >= 11 is 0. The summed E-state index contributed by atoms with van der Waals surface area (Å²) in [5, 5.41) is 4.59. The van der Waals surface area contributed by atoms with Crippen LogP contribution in [0.1, 0.15) is 57.0 Å². The van der Waals surface area contributed by atoms with Gasteiger partial charge in [-0.05, 0) is 43.5 Å². The van der Waals surface area contributed by atoms with E-state index in [2.05, 4.69) is 18.9 Å². The number of hydrogen-bond donors (Lipinski definition) is 1. The predicted octanol–water partition coefficient (Wildman–Crippen LogP) is 3.84. The van der Waals surface area contributed by atoms with E-state index in [1.165, 1.54) is 0 Å². The van der Waals surface area contributed by atoms with Gasteiger partial charge >= 0.3 is 0 Å². The molecule has 0 aliphatic carbocycles. The molecule has 1 aromatic carbocycles. The molecule has 2 rings (SSSR count). The highest BCUT2D eigenvalue weighted by atomic mass is 16.5. The monoisotopic (exact) mass is 287 g/mol. The van der Waals surface area contributed by atoms with Crippen LogP contribution in [0.3, 0.4) is 0 Å². The molecule has 4 nitrogen and oxygen atoms in total. The number of nitrogens with zero attached hydrogens (tertiary/aromatic N) is 2. The lowest BCUT2D eigenvalue weighted by molar-refractivity contribution is 0.297. The van der Waals surface area contributed by atoms with Gasteiger partial charge in [0.15, 0.2) is 0 Å². The van der Waals surface area contributed by atoms with Gasteiger partial charge in [-0.2, -0.15) is 5.10 Å². The molecule has 0 fully saturated rings. The van der Waals surface area contributed by atoms with E-state index in [0.29, 0.717) is 12.6 Å². The molecule has 0 amide bonds. The summed E-state index contributed by atoms with van der Waals surface area (Å²) in [5.41, 5.74) is 7.92. The number of rotatable bonds is 7. The van der Waals surface area contributed by atoms with E-state index in [-0.39, 0.29) is 6.04 Å². The minimum absolute atomic E-state index is 0.0163. The molecule has 114 valence electrons. The first kappa shape index (κ1) is 15.6. The molecule has 21 heavy (non-hydrogen) atoms. The van der Waals surface area contributed by atoms with Gasteiger partial charge in [-0.3, -0.25) is 4.68 Å². The lowest BCUT2D eigenvalue weighted by Crippen LogP contribution is -2.08. The molecule has 0 spiro atoms. The van der Waals surface area contributed by atoms with E-state index in [1.807, 2.05) is 48.1 Å². The molecule has 2 N–H and O–H groups in total. The minimum Gasteiger partial charge on any atom is -0.487 e. The quantitative estimate of drug-likeness (QED) is 0.841. The molecule has 0 radical (unpaired) electrons. The Kier molecular flexibility index (Phi) is 5.39. The maximum atomic E-state index is 5.89. The van der Waals surface area contributed by atoms with Crippen LogP contribution < -0.4 is 10.5 Å². The summed E-state index contributed by atoms with van der Waals surface area (Å²) in [6, 6.07) is 10.4. The third-order valence-corrected chi connectivity index (χ3v) is 3.75. The van der Waals surface area contributed by atoms with Crippen molar-refractivity contribution in [3.05, 3.63) is 47.8 Å². The number of aromatic nitrogens is 2. The molecule has 2 aromatic rings. The van der Waals surface area contributed by atoms with Crippen LogP contribution in [-0.2, 0) is 6.61 Å². The highest BCUT2D eigenvalue weighted by molar-refractivity contribution is 5.30. The Morgan fingerprint density at radius 1 is 1.24 bits per heavy atom. The van der Waals surface area contributed by atoms with Crippen LogP contribution in [0.2, 0.25) is 0 Å². The van der Waals surface area contributed by atoms with Gasteiger partial charge in [-0.25, -0.2) is 0 Å². The van der Waals surface area contributed by atoms with E-state index in [9.17, 15) is 0 Å². The average molecular weight is 287 g/mol. The highest BCUT2D eigenvalue weighted by Gasteiger charge is 2.08. The zero-order chi connectivity index (χ0) is 15.2. The van der Waals surface area contributed by atoms with E-state index in [1.54, 1.807) is 0 Å². The normalized spacial score (nSPS) is 12.6. The largest absolute Gasteiger partial charge is 0.487 e. The fourth-order valence-corrected chi connectivity index (χ4v) is 2.37. The van der Waals surface area contributed by atoms with Gasteiger partial charge < -0.3 is 10.5 Å². The molecule has 0 bridgehead atoms. The van der Waals surface area contributed by atoms with Crippen molar-refractivity contribution in [2.75, 3.05) is 0 Å². The first-order chi connectivity index (χ1) is 10.1. The fourth-order valence-electron chi connectivity index (χ4n) is 2.37. The number of hydrogen-bond acceptors (Lipinski definition) is 3. The number of nitrogens with two attached hydrogens (primary N) is 1. The maximum absolute atomic E-state index is 5.89. The van der Waals surface area contributed by atoms with Gasteiger partial charge in [0.2, 0.25) is 0 Å². The van der Waals surface area contributed by atoms with Crippen LogP contribution in [-0.4, -0.2) is 9.78 Å². The molecule has 1 atom stereocenters. The summed E-state index contributed by atoms with van der Waals surface area (Å²) in [6.07, 6.45) is 4.22. The Morgan fingerprint density at radius 3 is 2.67 bits per heavy atom. The van der Waals surface area contributed by atoms with E-state index in [4.69, 9.17) is 10.5 Å². The highest BCUT2D eigenvalue weighted by Crippen LogP contribution is 2.19. The van der Waals surface area contributed by atoms with Crippen LogP contribution in [0.5, 0.6) is 5.75 Å². The average Bonchev–Trinajstić information content (AvgIpc) is 2.95. The smallest absolute Gasteiger partial charge is 0.132 e. The predicted molar refractivity (Wildman–Crippen MR) is 85.2 cm³/mol. The topological polar surface area (TPSA) is 53.1 Å². The van der Waals surface area contributed by atoms with E-state index < -0.39 is 0 Å². The Morgan fingerprint density at radius 2 is 2.00 bits per heavy atom. The van der Waals surface area contributed by atoms with Crippen molar-refractivity contribution in [3.8, 4) is 5.75 Å². The first-order valence-electron chi connectivity index (χ1n) is 7.66. The molecular formula is C17H25N3O. The first-order valence-corrected chi connectivity index (χ1v) is 7.66. The van der Waals surface area contributed by atoms with Gasteiger partial charge in [0, 0.05) is 12.2 Å². The van der Waals surface area contributed by atoms with Crippen molar-refractivity contribution in [2.45, 2.75) is 52.3 Å². The Balaban J connectivity index is 1.98. The van der Waals surface area contributed by atoms with Gasteiger partial charge in [0.25, 0.3) is 0 Å². The zero-order valence-corrected chi connectivity index (χ0v) is 13.1. The Hall–Kier alpha value is -1.81. The van der Waals surface area contributed by atoms with Crippen LogP contribution in [0.4, 0.5) is 0 Å². The third-order valence-electron chi connectivity index (χ3n) is 3.75. The van der Waals surface area contributed by atoms with Gasteiger partial charge in [0.1, 0.15) is 12.4 Å².